The number of aromatic hydroxyl groups is 1. The van der Waals surface area contributed by atoms with E-state index >= 15 is 0 Å². The molecule has 1 aromatic heterocycles. The molecule has 0 radical (unpaired) electrons. The summed E-state index contributed by atoms with van der Waals surface area (Å²) < 4.78 is 10.4. The van der Waals surface area contributed by atoms with E-state index in [9.17, 15) is 9.90 Å². The molecule has 0 amide bonds. The van der Waals surface area contributed by atoms with Gasteiger partial charge in [0.2, 0.25) is 0 Å². The molecule has 118 valence electrons. The summed E-state index contributed by atoms with van der Waals surface area (Å²) in [5.74, 6) is 0.587. The topological polar surface area (TPSA) is 59.7 Å². The Morgan fingerprint density at radius 1 is 1.09 bits per heavy atom. The van der Waals surface area contributed by atoms with Crippen molar-refractivity contribution >= 4 is 11.0 Å². The summed E-state index contributed by atoms with van der Waals surface area (Å²) in [6.45, 7) is 0. The smallest absolute Gasteiger partial charge is 0.343 e. The van der Waals surface area contributed by atoms with Crippen LogP contribution in [0.15, 0.2) is 57.7 Å². The Morgan fingerprint density at radius 3 is 2.61 bits per heavy atom. The summed E-state index contributed by atoms with van der Waals surface area (Å²) in [5, 5.41) is 10.9. The molecule has 3 rings (SSSR count). The van der Waals surface area contributed by atoms with Crippen LogP contribution in [0.1, 0.15) is 17.5 Å². The van der Waals surface area contributed by atoms with Crippen LogP contribution in [0.5, 0.6) is 11.5 Å². The molecule has 4 heteroatoms. The zero-order valence-corrected chi connectivity index (χ0v) is 12.9. The lowest BCUT2D eigenvalue weighted by Gasteiger charge is -2.07. The maximum absolute atomic E-state index is 12.1. The maximum atomic E-state index is 12.1. The monoisotopic (exact) mass is 310 g/mol. The molecule has 2 aromatic carbocycles. The summed E-state index contributed by atoms with van der Waals surface area (Å²) in [7, 11) is 1.54. The predicted molar refractivity (Wildman–Crippen MR) is 89.2 cm³/mol. The van der Waals surface area contributed by atoms with Gasteiger partial charge in [-0.15, -0.1) is 0 Å². The van der Waals surface area contributed by atoms with Crippen molar-refractivity contribution in [2.45, 2.75) is 19.3 Å². The molecular formula is C19H18O4. The lowest BCUT2D eigenvalue weighted by molar-refractivity contribution is 0.413. The van der Waals surface area contributed by atoms with Gasteiger partial charge in [0, 0.05) is 6.07 Å². The molecule has 4 nitrogen and oxygen atoms in total. The molecule has 0 aliphatic carbocycles. The van der Waals surface area contributed by atoms with Gasteiger partial charge in [-0.05, 0) is 37.0 Å². The number of aryl methyl sites for hydroxylation is 1. The first-order valence-corrected chi connectivity index (χ1v) is 7.55. The van der Waals surface area contributed by atoms with E-state index in [1.807, 2.05) is 18.2 Å². The van der Waals surface area contributed by atoms with E-state index in [0.717, 1.165) is 12.8 Å². The molecule has 0 saturated heterocycles. The van der Waals surface area contributed by atoms with Gasteiger partial charge >= 0.3 is 5.63 Å². The molecule has 1 N–H and O–H groups in total. The fraction of sp³-hybridized carbons (Fsp3) is 0.211. The standard InChI is InChI=1S/C19H18O4/c1-22-14-10-11-15-17(12-14)23-19(21)16(18(15)20)9-5-8-13-6-3-2-4-7-13/h2-4,6-7,10-12,20H,5,8-9H2,1H3. The average Bonchev–Trinajstić information content (AvgIpc) is 2.58. The maximum Gasteiger partial charge on any atom is 0.343 e. The highest BCUT2D eigenvalue weighted by atomic mass is 16.5. The first-order chi connectivity index (χ1) is 11.2. The molecule has 0 atom stereocenters. The van der Waals surface area contributed by atoms with Crippen molar-refractivity contribution in [1.29, 1.82) is 0 Å². The number of hydrogen-bond acceptors (Lipinski definition) is 4. The van der Waals surface area contributed by atoms with Crippen molar-refractivity contribution in [3.05, 3.63) is 70.1 Å². The molecule has 0 bridgehead atoms. The molecular weight excluding hydrogens is 292 g/mol. The van der Waals surface area contributed by atoms with Crippen molar-refractivity contribution in [3.8, 4) is 11.5 Å². The molecule has 0 aliphatic rings. The molecule has 0 unspecified atom stereocenters. The van der Waals surface area contributed by atoms with E-state index in [-0.39, 0.29) is 5.75 Å². The molecule has 23 heavy (non-hydrogen) atoms. The van der Waals surface area contributed by atoms with Crippen LogP contribution in [0, 0.1) is 0 Å². The van der Waals surface area contributed by atoms with Crippen molar-refractivity contribution in [1.82, 2.24) is 0 Å². The van der Waals surface area contributed by atoms with Crippen molar-refractivity contribution in [2.75, 3.05) is 7.11 Å². The van der Waals surface area contributed by atoms with Gasteiger partial charge in [-0.25, -0.2) is 4.79 Å². The second kappa shape index (κ2) is 6.57. The third-order valence-corrected chi connectivity index (χ3v) is 3.91. The van der Waals surface area contributed by atoms with Crippen LogP contribution in [0.4, 0.5) is 0 Å². The first-order valence-electron chi connectivity index (χ1n) is 7.55. The van der Waals surface area contributed by atoms with Gasteiger partial charge in [-0.3, -0.25) is 0 Å². The predicted octanol–water partition coefficient (Wildman–Crippen LogP) is 3.68. The Labute approximate surface area is 134 Å². The van der Waals surface area contributed by atoms with E-state index in [2.05, 4.69) is 12.1 Å². The highest BCUT2D eigenvalue weighted by Gasteiger charge is 2.14. The third kappa shape index (κ3) is 3.21. The van der Waals surface area contributed by atoms with Gasteiger partial charge in [0.1, 0.15) is 17.1 Å². The number of rotatable bonds is 5. The van der Waals surface area contributed by atoms with Crippen molar-refractivity contribution in [3.63, 3.8) is 0 Å². The minimum atomic E-state index is -0.490. The highest BCUT2D eigenvalue weighted by Crippen LogP contribution is 2.29. The van der Waals surface area contributed by atoms with Crippen LogP contribution in [0.25, 0.3) is 11.0 Å². The average molecular weight is 310 g/mol. The molecule has 0 saturated carbocycles. The highest BCUT2D eigenvalue weighted by molar-refractivity contribution is 5.85. The molecule has 0 fully saturated rings. The number of methoxy groups -OCH3 is 1. The van der Waals surface area contributed by atoms with E-state index in [1.54, 1.807) is 18.2 Å². The number of hydrogen-bond donors (Lipinski definition) is 1. The van der Waals surface area contributed by atoms with Gasteiger partial charge in [-0.1, -0.05) is 30.3 Å². The Morgan fingerprint density at radius 2 is 1.87 bits per heavy atom. The molecule has 1 heterocycles. The minimum Gasteiger partial charge on any atom is -0.507 e. The lowest BCUT2D eigenvalue weighted by atomic mass is 10.0. The van der Waals surface area contributed by atoms with Crippen LogP contribution in [0.2, 0.25) is 0 Å². The van der Waals surface area contributed by atoms with Crippen LogP contribution in [-0.2, 0) is 12.8 Å². The van der Waals surface area contributed by atoms with E-state index in [0.29, 0.717) is 28.7 Å². The van der Waals surface area contributed by atoms with Gasteiger partial charge in [-0.2, -0.15) is 0 Å². The van der Waals surface area contributed by atoms with E-state index < -0.39 is 5.63 Å². The Bertz CT molecular complexity index is 866. The summed E-state index contributed by atoms with van der Waals surface area (Å²) in [6, 6.07) is 15.1. The zero-order valence-electron chi connectivity index (χ0n) is 12.9. The minimum absolute atomic E-state index is 0.00645. The summed E-state index contributed by atoms with van der Waals surface area (Å²) in [6.07, 6.45) is 2.09. The molecule has 3 aromatic rings. The normalized spacial score (nSPS) is 10.8. The third-order valence-electron chi connectivity index (χ3n) is 3.91. The molecule has 0 spiro atoms. The van der Waals surface area contributed by atoms with Gasteiger partial charge in [0.05, 0.1) is 18.1 Å². The van der Waals surface area contributed by atoms with Crippen LogP contribution in [0.3, 0.4) is 0 Å². The SMILES string of the molecule is COc1ccc2c(O)c(CCCc3ccccc3)c(=O)oc2c1. The van der Waals surface area contributed by atoms with E-state index in [4.69, 9.17) is 9.15 Å². The van der Waals surface area contributed by atoms with Crippen LogP contribution < -0.4 is 10.4 Å². The fourth-order valence-electron chi connectivity index (χ4n) is 2.66. The largest absolute Gasteiger partial charge is 0.507 e. The van der Waals surface area contributed by atoms with Crippen LogP contribution >= 0.6 is 0 Å². The number of benzene rings is 2. The van der Waals surface area contributed by atoms with E-state index in [1.165, 1.54) is 12.7 Å². The summed E-state index contributed by atoms with van der Waals surface area (Å²) in [5.41, 5.74) is 1.38. The molecule has 0 aliphatic heterocycles. The number of ether oxygens (including phenoxy) is 1. The second-order valence-electron chi connectivity index (χ2n) is 5.42. The summed E-state index contributed by atoms with van der Waals surface area (Å²) in [4.78, 5) is 12.1. The Balaban J connectivity index is 1.84. The lowest BCUT2D eigenvalue weighted by Crippen LogP contribution is -2.08. The van der Waals surface area contributed by atoms with Crippen molar-refractivity contribution in [2.24, 2.45) is 0 Å². The quantitative estimate of drug-likeness (QED) is 0.730. The van der Waals surface area contributed by atoms with Gasteiger partial charge in [0.25, 0.3) is 0 Å². The Kier molecular flexibility index (Phi) is 4.33. The summed E-state index contributed by atoms with van der Waals surface area (Å²) >= 11 is 0. The fourth-order valence-corrected chi connectivity index (χ4v) is 2.66. The zero-order chi connectivity index (χ0) is 16.2. The van der Waals surface area contributed by atoms with Gasteiger partial charge in [0.15, 0.2) is 0 Å². The first kappa shape index (κ1) is 15.2. The number of fused-ring (bicyclic) bond motifs is 1. The van der Waals surface area contributed by atoms with Gasteiger partial charge < -0.3 is 14.3 Å². The van der Waals surface area contributed by atoms with Crippen molar-refractivity contribution < 1.29 is 14.3 Å². The Hall–Kier alpha value is -2.75. The second-order valence-corrected chi connectivity index (χ2v) is 5.42. The van der Waals surface area contributed by atoms with Crippen LogP contribution in [-0.4, -0.2) is 12.2 Å².